The lowest BCUT2D eigenvalue weighted by Gasteiger charge is -2.01. The smallest absolute Gasteiger partial charge is 0.177 e. The summed E-state index contributed by atoms with van der Waals surface area (Å²) in [4.78, 5) is 7.78. The molecule has 4 rings (SSSR count). The van der Waals surface area contributed by atoms with Crippen molar-refractivity contribution < 1.29 is 4.42 Å². The lowest BCUT2D eigenvalue weighted by molar-refractivity contribution is 0.578. The Morgan fingerprint density at radius 1 is 1.10 bits per heavy atom. The average molecular weight is 264 g/mol. The minimum absolute atomic E-state index is 0.701. The molecule has 3 heterocycles. The van der Waals surface area contributed by atoms with Crippen LogP contribution in [-0.4, -0.2) is 19.7 Å². The molecule has 0 aliphatic carbocycles. The number of hydrogen-bond acceptors (Lipinski definition) is 3. The molecular weight excluding hydrogens is 252 g/mol. The number of aromatic nitrogens is 4. The van der Waals surface area contributed by atoms with Crippen molar-refractivity contribution in [2.24, 2.45) is 0 Å². The van der Waals surface area contributed by atoms with E-state index in [0.717, 1.165) is 22.7 Å². The molecule has 0 spiro atoms. The monoisotopic (exact) mass is 264 g/mol. The Hall–Kier alpha value is -2.82. The first-order valence-corrected chi connectivity index (χ1v) is 6.39. The number of rotatable bonds is 3. The van der Waals surface area contributed by atoms with E-state index in [0.29, 0.717) is 6.54 Å². The molecule has 4 aromatic rings. The van der Waals surface area contributed by atoms with Crippen molar-refractivity contribution in [2.45, 2.75) is 6.54 Å². The lowest BCUT2D eigenvalue weighted by atomic mass is 10.2. The number of imidazole rings is 1. The van der Waals surface area contributed by atoms with Crippen LogP contribution in [0.4, 0.5) is 0 Å². The predicted molar refractivity (Wildman–Crippen MR) is 75.1 cm³/mol. The van der Waals surface area contributed by atoms with E-state index in [2.05, 4.69) is 27.2 Å². The molecule has 1 N–H and O–H groups in total. The van der Waals surface area contributed by atoms with Crippen LogP contribution in [0.1, 0.15) is 5.56 Å². The molecule has 0 saturated heterocycles. The highest BCUT2D eigenvalue weighted by Gasteiger charge is 2.12. The fourth-order valence-electron chi connectivity index (χ4n) is 2.25. The molecule has 3 aromatic heterocycles. The normalized spacial score (nSPS) is 11.2. The fraction of sp³-hybridized carbons (Fsp3) is 0.0667. The largest absolute Gasteiger partial charge is 0.461 e. The Kier molecular flexibility index (Phi) is 2.42. The third-order valence-corrected chi connectivity index (χ3v) is 3.21. The summed E-state index contributed by atoms with van der Waals surface area (Å²) in [5, 5.41) is 4.37. The van der Waals surface area contributed by atoms with E-state index in [-0.39, 0.29) is 0 Å². The number of furan rings is 1. The van der Waals surface area contributed by atoms with Crippen LogP contribution < -0.4 is 0 Å². The van der Waals surface area contributed by atoms with E-state index >= 15 is 0 Å². The second-order valence-electron chi connectivity index (χ2n) is 4.59. The SMILES string of the molecule is c1ccc(Cn2ncc3[nH]c(-c4ccco4)nc32)cc1. The topological polar surface area (TPSA) is 59.6 Å². The highest BCUT2D eigenvalue weighted by molar-refractivity contribution is 5.74. The Balaban J connectivity index is 1.74. The van der Waals surface area contributed by atoms with Gasteiger partial charge in [0.1, 0.15) is 5.52 Å². The molecular formula is C15H12N4O. The van der Waals surface area contributed by atoms with Crippen molar-refractivity contribution >= 4 is 11.2 Å². The molecule has 0 unspecified atom stereocenters. The van der Waals surface area contributed by atoms with Gasteiger partial charge in [0.15, 0.2) is 17.2 Å². The van der Waals surface area contributed by atoms with Crippen molar-refractivity contribution in [1.82, 2.24) is 19.7 Å². The van der Waals surface area contributed by atoms with E-state index in [9.17, 15) is 0 Å². The highest BCUT2D eigenvalue weighted by atomic mass is 16.3. The van der Waals surface area contributed by atoms with Crippen molar-refractivity contribution in [3.8, 4) is 11.6 Å². The molecule has 0 amide bonds. The zero-order chi connectivity index (χ0) is 13.4. The molecule has 0 aliphatic rings. The summed E-state index contributed by atoms with van der Waals surface area (Å²) in [6.45, 7) is 0.701. The summed E-state index contributed by atoms with van der Waals surface area (Å²) in [6, 6.07) is 13.9. The number of H-pyrrole nitrogens is 1. The van der Waals surface area contributed by atoms with Crippen LogP contribution in [0.25, 0.3) is 22.7 Å². The number of nitrogens with one attached hydrogen (secondary N) is 1. The fourth-order valence-corrected chi connectivity index (χ4v) is 2.25. The van der Waals surface area contributed by atoms with Gasteiger partial charge in [-0.05, 0) is 17.7 Å². The third-order valence-electron chi connectivity index (χ3n) is 3.21. The molecule has 0 radical (unpaired) electrons. The van der Waals surface area contributed by atoms with Crippen LogP contribution >= 0.6 is 0 Å². The van der Waals surface area contributed by atoms with Gasteiger partial charge in [-0.1, -0.05) is 30.3 Å². The van der Waals surface area contributed by atoms with Gasteiger partial charge in [0.2, 0.25) is 0 Å². The molecule has 20 heavy (non-hydrogen) atoms. The molecule has 0 bridgehead atoms. The molecule has 5 heteroatoms. The Labute approximate surface area is 114 Å². The second kappa shape index (κ2) is 4.38. The van der Waals surface area contributed by atoms with Crippen LogP contribution in [0.2, 0.25) is 0 Å². The van der Waals surface area contributed by atoms with Crippen LogP contribution in [0.15, 0.2) is 59.3 Å². The second-order valence-corrected chi connectivity index (χ2v) is 4.59. The molecule has 0 aliphatic heterocycles. The van der Waals surface area contributed by atoms with Crippen molar-refractivity contribution in [3.63, 3.8) is 0 Å². The standard InChI is InChI=1S/C15H12N4O/c1-2-5-11(6-3-1)10-19-15-12(9-16-19)17-14(18-15)13-7-4-8-20-13/h1-9H,10H2,(H,17,18). The highest BCUT2D eigenvalue weighted by Crippen LogP contribution is 2.20. The Morgan fingerprint density at radius 2 is 2.00 bits per heavy atom. The number of nitrogens with zero attached hydrogens (tertiary/aromatic N) is 3. The van der Waals surface area contributed by atoms with Crippen LogP contribution in [0.5, 0.6) is 0 Å². The van der Waals surface area contributed by atoms with Gasteiger partial charge in [-0.25, -0.2) is 9.67 Å². The first kappa shape index (κ1) is 11.0. The van der Waals surface area contributed by atoms with E-state index in [1.807, 2.05) is 35.0 Å². The average Bonchev–Trinajstić information content (AvgIpc) is 3.17. The zero-order valence-electron chi connectivity index (χ0n) is 10.7. The summed E-state index contributed by atoms with van der Waals surface area (Å²) in [5.74, 6) is 1.46. The van der Waals surface area contributed by atoms with E-state index in [1.165, 1.54) is 5.56 Å². The molecule has 98 valence electrons. The van der Waals surface area contributed by atoms with Crippen molar-refractivity contribution in [2.75, 3.05) is 0 Å². The van der Waals surface area contributed by atoms with Gasteiger partial charge in [-0.15, -0.1) is 0 Å². The van der Waals surface area contributed by atoms with Gasteiger partial charge in [0, 0.05) is 0 Å². The summed E-state index contributed by atoms with van der Waals surface area (Å²) in [7, 11) is 0. The molecule has 0 saturated carbocycles. The number of aromatic amines is 1. The number of benzene rings is 1. The summed E-state index contributed by atoms with van der Waals surface area (Å²) in [6.07, 6.45) is 3.43. The Bertz CT molecular complexity index is 827. The maximum Gasteiger partial charge on any atom is 0.177 e. The Morgan fingerprint density at radius 3 is 2.80 bits per heavy atom. The van der Waals surface area contributed by atoms with E-state index < -0.39 is 0 Å². The van der Waals surface area contributed by atoms with E-state index in [4.69, 9.17) is 4.42 Å². The van der Waals surface area contributed by atoms with Gasteiger partial charge in [0.25, 0.3) is 0 Å². The van der Waals surface area contributed by atoms with E-state index in [1.54, 1.807) is 12.5 Å². The molecule has 0 atom stereocenters. The summed E-state index contributed by atoms with van der Waals surface area (Å²) < 4.78 is 7.24. The third kappa shape index (κ3) is 1.80. The van der Waals surface area contributed by atoms with Gasteiger partial charge in [-0.3, -0.25) is 0 Å². The predicted octanol–water partition coefficient (Wildman–Crippen LogP) is 3.07. The summed E-state index contributed by atoms with van der Waals surface area (Å²) >= 11 is 0. The summed E-state index contributed by atoms with van der Waals surface area (Å²) in [5.41, 5.74) is 2.94. The molecule has 0 fully saturated rings. The van der Waals surface area contributed by atoms with Crippen molar-refractivity contribution in [3.05, 3.63) is 60.5 Å². The van der Waals surface area contributed by atoms with Gasteiger partial charge >= 0.3 is 0 Å². The quantitative estimate of drug-likeness (QED) is 0.618. The minimum Gasteiger partial charge on any atom is -0.461 e. The first-order chi connectivity index (χ1) is 9.90. The zero-order valence-corrected chi connectivity index (χ0v) is 10.7. The number of fused-ring (bicyclic) bond motifs is 1. The maximum atomic E-state index is 5.35. The minimum atomic E-state index is 0.701. The maximum absolute atomic E-state index is 5.35. The van der Waals surface area contributed by atoms with Crippen LogP contribution in [-0.2, 0) is 6.54 Å². The van der Waals surface area contributed by atoms with Crippen LogP contribution in [0, 0.1) is 0 Å². The van der Waals surface area contributed by atoms with Gasteiger partial charge in [0.05, 0.1) is 19.0 Å². The van der Waals surface area contributed by atoms with Gasteiger partial charge < -0.3 is 9.40 Å². The number of hydrogen-bond donors (Lipinski definition) is 1. The first-order valence-electron chi connectivity index (χ1n) is 6.39. The van der Waals surface area contributed by atoms with Crippen molar-refractivity contribution in [1.29, 1.82) is 0 Å². The molecule has 5 nitrogen and oxygen atoms in total. The van der Waals surface area contributed by atoms with Crippen LogP contribution in [0.3, 0.4) is 0 Å². The van der Waals surface area contributed by atoms with Gasteiger partial charge in [-0.2, -0.15) is 5.10 Å². The lowest BCUT2D eigenvalue weighted by Crippen LogP contribution is -2.01. The molecule has 1 aromatic carbocycles.